The van der Waals surface area contributed by atoms with E-state index in [1.807, 2.05) is 0 Å². The van der Waals surface area contributed by atoms with Gasteiger partial charge in [0.1, 0.15) is 11.3 Å². The predicted octanol–water partition coefficient (Wildman–Crippen LogP) is 1.02. The Morgan fingerprint density at radius 3 is 2.60 bits per heavy atom. The molecule has 130 valence electrons. The van der Waals surface area contributed by atoms with Crippen molar-refractivity contribution in [3.05, 3.63) is 45.5 Å². The van der Waals surface area contributed by atoms with Gasteiger partial charge in [0.25, 0.3) is 5.69 Å². The summed E-state index contributed by atoms with van der Waals surface area (Å²) in [4.78, 5) is 37.6. The molecule has 2 bridgehead atoms. The first kappa shape index (κ1) is 15.9. The minimum atomic E-state index is -1.22. The molecule has 8 heteroatoms. The third-order valence-electron chi connectivity index (χ3n) is 5.43. The molecule has 2 fully saturated rings. The number of aryl methyl sites for hydroxylation is 2. The second-order valence-electron chi connectivity index (χ2n) is 6.75. The van der Waals surface area contributed by atoms with Crippen molar-refractivity contribution in [2.24, 2.45) is 11.8 Å². The normalized spacial score (nSPS) is 32.6. The molecule has 2 amide bonds. The topological polar surface area (TPSA) is 110 Å². The molecular formula is C17H16N2O6. The average molecular weight is 344 g/mol. The van der Waals surface area contributed by atoms with E-state index in [9.17, 15) is 24.8 Å². The molecule has 2 saturated heterocycles. The minimum absolute atomic E-state index is 0.0232. The van der Waals surface area contributed by atoms with Gasteiger partial charge in [-0.15, -0.1) is 0 Å². The highest BCUT2D eigenvalue weighted by Crippen LogP contribution is 2.53. The SMILES string of the molecule is Cc1cc(N2C(=O)[C@@H]3[C@@H](C2=O)[C@@]2(CO)C=C[C@H]3O2)c([N+](=O)[O-])cc1C. The molecule has 0 saturated carbocycles. The number of carbonyl (C=O) groups is 2. The number of imide groups is 1. The first-order chi connectivity index (χ1) is 11.8. The Kier molecular flexibility index (Phi) is 3.16. The van der Waals surface area contributed by atoms with Crippen molar-refractivity contribution in [3.8, 4) is 0 Å². The van der Waals surface area contributed by atoms with E-state index >= 15 is 0 Å². The molecule has 0 aliphatic carbocycles. The molecule has 3 aliphatic heterocycles. The standard InChI is InChI=1S/C17H16N2O6/c1-8-5-10(11(19(23)24)6-9(8)2)18-15(21)13-12-3-4-17(7-20,25-12)14(13)16(18)22/h3-6,12-14,20H,7H2,1-2H3/t12-,13+,14+,17+/m1/s1. The number of rotatable bonds is 3. The molecule has 4 atom stereocenters. The van der Waals surface area contributed by atoms with Crippen LogP contribution in [0.5, 0.6) is 0 Å². The van der Waals surface area contributed by atoms with Crippen molar-refractivity contribution in [2.45, 2.75) is 25.6 Å². The Balaban J connectivity index is 1.85. The lowest BCUT2D eigenvalue weighted by Gasteiger charge is -2.26. The van der Waals surface area contributed by atoms with Gasteiger partial charge in [-0.05, 0) is 31.0 Å². The largest absolute Gasteiger partial charge is 0.393 e. The Bertz CT molecular complexity index is 863. The van der Waals surface area contributed by atoms with Crippen LogP contribution in [-0.2, 0) is 14.3 Å². The van der Waals surface area contributed by atoms with Crippen LogP contribution in [0, 0.1) is 35.8 Å². The summed E-state index contributed by atoms with van der Waals surface area (Å²) < 4.78 is 5.66. The van der Waals surface area contributed by atoms with Gasteiger partial charge in [0.15, 0.2) is 0 Å². The maximum Gasteiger partial charge on any atom is 0.293 e. The first-order valence-electron chi connectivity index (χ1n) is 7.92. The lowest BCUT2D eigenvalue weighted by Crippen LogP contribution is -2.43. The van der Waals surface area contributed by atoms with E-state index in [2.05, 4.69) is 0 Å². The highest BCUT2D eigenvalue weighted by atomic mass is 16.6. The Labute approximate surface area is 142 Å². The van der Waals surface area contributed by atoms with E-state index in [1.54, 1.807) is 26.0 Å². The molecule has 3 aliphatic rings. The molecule has 3 heterocycles. The van der Waals surface area contributed by atoms with Crippen molar-refractivity contribution < 1.29 is 24.4 Å². The van der Waals surface area contributed by atoms with E-state index in [-0.39, 0.29) is 11.4 Å². The van der Waals surface area contributed by atoms with Gasteiger partial charge in [0.05, 0.1) is 29.5 Å². The number of nitrogens with zero attached hydrogens (tertiary/aromatic N) is 2. The molecule has 25 heavy (non-hydrogen) atoms. The zero-order chi connectivity index (χ0) is 18.1. The summed E-state index contributed by atoms with van der Waals surface area (Å²) in [7, 11) is 0. The summed E-state index contributed by atoms with van der Waals surface area (Å²) in [6.07, 6.45) is 2.69. The quantitative estimate of drug-likeness (QED) is 0.379. The van der Waals surface area contributed by atoms with Gasteiger partial charge < -0.3 is 9.84 Å². The molecular weight excluding hydrogens is 328 g/mol. The number of hydrogen-bond donors (Lipinski definition) is 1. The van der Waals surface area contributed by atoms with Gasteiger partial charge in [-0.2, -0.15) is 0 Å². The fraction of sp³-hybridized carbons (Fsp3) is 0.412. The number of fused-ring (bicyclic) bond motifs is 5. The Morgan fingerprint density at radius 1 is 1.28 bits per heavy atom. The molecule has 1 aromatic rings. The first-order valence-corrected chi connectivity index (χ1v) is 7.92. The van der Waals surface area contributed by atoms with Crippen LogP contribution in [0.2, 0.25) is 0 Å². The smallest absolute Gasteiger partial charge is 0.293 e. The number of benzene rings is 1. The van der Waals surface area contributed by atoms with E-state index in [1.165, 1.54) is 12.1 Å². The van der Waals surface area contributed by atoms with Crippen molar-refractivity contribution in [3.63, 3.8) is 0 Å². The number of hydrogen-bond acceptors (Lipinski definition) is 6. The highest BCUT2D eigenvalue weighted by molar-refractivity contribution is 6.24. The van der Waals surface area contributed by atoms with Gasteiger partial charge in [-0.25, -0.2) is 4.90 Å². The number of nitro groups is 1. The van der Waals surface area contributed by atoms with Crippen LogP contribution in [-0.4, -0.2) is 40.2 Å². The lowest BCUT2D eigenvalue weighted by atomic mass is 9.77. The van der Waals surface area contributed by atoms with E-state index in [0.29, 0.717) is 5.56 Å². The summed E-state index contributed by atoms with van der Waals surface area (Å²) in [6.45, 7) is 3.06. The molecule has 0 unspecified atom stereocenters. The van der Waals surface area contributed by atoms with Crippen molar-refractivity contribution >= 4 is 23.2 Å². The molecule has 0 spiro atoms. The van der Waals surface area contributed by atoms with E-state index < -0.39 is 46.9 Å². The van der Waals surface area contributed by atoms with Crippen LogP contribution < -0.4 is 4.90 Å². The molecule has 4 rings (SSSR count). The number of nitro benzene ring substituents is 1. The molecule has 1 aromatic carbocycles. The van der Waals surface area contributed by atoms with Crippen molar-refractivity contribution in [1.82, 2.24) is 0 Å². The van der Waals surface area contributed by atoms with Crippen LogP contribution in [0.15, 0.2) is 24.3 Å². The summed E-state index contributed by atoms with van der Waals surface area (Å²) in [5.74, 6) is -2.71. The Morgan fingerprint density at radius 2 is 1.96 bits per heavy atom. The van der Waals surface area contributed by atoms with Crippen LogP contribution in [0.1, 0.15) is 11.1 Å². The van der Waals surface area contributed by atoms with Gasteiger partial charge in [0.2, 0.25) is 11.8 Å². The van der Waals surface area contributed by atoms with Crippen LogP contribution >= 0.6 is 0 Å². The lowest BCUT2D eigenvalue weighted by molar-refractivity contribution is -0.384. The van der Waals surface area contributed by atoms with Gasteiger partial charge in [-0.3, -0.25) is 19.7 Å². The molecule has 0 aromatic heterocycles. The number of carbonyl (C=O) groups excluding carboxylic acids is 2. The summed E-state index contributed by atoms with van der Waals surface area (Å²) in [6, 6.07) is 2.86. The number of ether oxygens (including phenoxy) is 1. The van der Waals surface area contributed by atoms with Gasteiger partial charge in [0, 0.05) is 6.07 Å². The maximum atomic E-state index is 13.0. The molecule has 8 nitrogen and oxygen atoms in total. The van der Waals surface area contributed by atoms with Crippen LogP contribution in [0.25, 0.3) is 0 Å². The van der Waals surface area contributed by atoms with E-state index in [4.69, 9.17) is 4.74 Å². The van der Waals surface area contributed by atoms with Gasteiger partial charge in [-0.1, -0.05) is 12.2 Å². The zero-order valence-electron chi connectivity index (χ0n) is 13.6. The third kappa shape index (κ3) is 1.89. The molecule has 0 radical (unpaired) electrons. The maximum absolute atomic E-state index is 13.0. The van der Waals surface area contributed by atoms with Crippen molar-refractivity contribution in [1.29, 1.82) is 0 Å². The molecule has 1 N–H and O–H groups in total. The second kappa shape index (κ2) is 4.96. The van der Waals surface area contributed by atoms with Crippen LogP contribution in [0.3, 0.4) is 0 Å². The third-order valence-corrected chi connectivity index (χ3v) is 5.43. The second-order valence-corrected chi connectivity index (χ2v) is 6.75. The van der Waals surface area contributed by atoms with Gasteiger partial charge >= 0.3 is 0 Å². The fourth-order valence-corrected chi connectivity index (χ4v) is 4.03. The monoisotopic (exact) mass is 344 g/mol. The summed E-state index contributed by atoms with van der Waals surface area (Å²) in [5, 5.41) is 21.1. The average Bonchev–Trinajstić information content (AvgIpc) is 3.21. The van der Waals surface area contributed by atoms with Crippen LogP contribution in [0.4, 0.5) is 11.4 Å². The summed E-state index contributed by atoms with van der Waals surface area (Å²) in [5.41, 5.74) is -0.0844. The van der Waals surface area contributed by atoms with E-state index in [0.717, 1.165) is 10.5 Å². The number of aliphatic hydroxyl groups is 1. The Hall–Kier alpha value is -2.58. The number of aliphatic hydroxyl groups excluding tert-OH is 1. The number of amides is 2. The zero-order valence-corrected chi connectivity index (χ0v) is 13.6. The summed E-state index contributed by atoms with van der Waals surface area (Å²) >= 11 is 0. The van der Waals surface area contributed by atoms with Crippen molar-refractivity contribution in [2.75, 3.05) is 11.5 Å². The predicted molar refractivity (Wildman–Crippen MR) is 85.9 cm³/mol. The fourth-order valence-electron chi connectivity index (χ4n) is 4.03. The number of anilines is 1. The highest BCUT2D eigenvalue weighted by Gasteiger charge is 2.68. The minimum Gasteiger partial charge on any atom is -0.393 e.